The molecule has 23 heavy (non-hydrogen) atoms. The molecule has 1 aliphatic heterocycles. The van der Waals surface area contributed by atoms with Gasteiger partial charge >= 0.3 is 7.12 Å². The van der Waals surface area contributed by atoms with Gasteiger partial charge in [-0.3, -0.25) is 0 Å². The summed E-state index contributed by atoms with van der Waals surface area (Å²) in [6, 6.07) is 6.48. The average Bonchev–Trinajstić information content (AvgIpc) is 2.86. The van der Waals surface area contributed by atoms with Crippen LogP contribution in [0.4, 0.5) is 4.39 Å². The van der Waals surface area contributed by atoms with Crippen molar-refractivity contribution in [1.29, 1.82) is 0 Å². The monoisotopic (exact) mass is 336 g/mol. The third-order valence-corrected chi connectivity index (χ3v) is 6.97. The minimum Gasteiger partial charge on any atom is -0.404 e. The summed E-state index contributed by atoms with van der Waals surface area (Å²) < 4.78 is 25.6. The molecule has 4 aliphatic rings. The van der Waals surface area contributed by atoms with Crippen molar-refractivity contribution in [3.63, 3.8) is 0 Å². The molecule has 0 amide bonds. The molecule has 5 heteroatoms. The summed E-state index contributed by atoms with van der Waals surface area (Å²) in [4.78, 5) is 0. The molecule has 1 saturated heterocycles. The van der Waals surface area contributed by atoms with E-state index in [4.69, 9.17) is 20.9 Å². The van der Waals surface area contributed by atoms with Crippen molar-refractivity contribution in [2.24, 2.45) is 17.3 Å². The Bertz CT molecular complexity index is 608. The van der Waals surface area contributed by atoms with E-state index in [1.807, 2.05) is 0 Å². The topological polar surface area (TPSA) is 18.5 Å². The lowest BCUT2D eigenvalue weighted by atomic mass is 9.43. The molecule has 0 N–H and O–H groups in total. The van der Waals surface area contributed by atoms with Crippen LogP contribution in [-0.2, 0) is 15.7 Å². The average molecular weight is 337 g/mol. The molecule has 5 atom stereocenters. The lowest BCUT2D eigenvalue weighted by Gasteiger charge is -2.64. The van der Waals surface area contributed by atoms with Crippen LogP contribution in [0.3, 0.4) is 0 Å². The van der Waals surface area contributed by atoms with Crippen molar-refractivity contribution in [2.45, 2.75) is 57.0 Å². The predicted octanol–water partition coefficient (Wildman–Crippen LogP) is 4.24. The first-order valence-corrected chi connectivity index (χ1v) is 8.96. The molecule has 5 unspecified atom stereocenters. The van der Waals surface area contributed by atoms with Crippen LogP contribution in [0.5, 0.6) is 0 Å². The number of benzene rings is 1. The fraction of sp³-hybridized carbons (Fsp3) is 0.667. The van der Waals surface area contributed by atoms with Gasteiger partial charge in [0.25, 0.3) is 0 Å². The van der Waals surface area contributed by atoms with Crippen LogP contribution in [0.1, 0.15) is 39.2 Å². The second kappa shape index (κ2) is 5.21. The predicted molar refractivity (Wildman–Crippen MR) is 89.9 cm³/mol. The number of hydrogen-bond acceptors (Lipinski definition) is 2. The van der Waals surface area contributed by atoms with Crippen molar-refractivity contribution >= 4 is 18.7 Å². The standard InChI is InChI=1S/C18H23BClFO2/c1-17(2)12-9-14(17)18(3)15(10-12)22-19(23-18)16(20)8-11-4-6-13(21)7-5-11/h4-7,12,14-16H,8-10H2,1-3H3. The maximum Gasteiger partial charge on any atom is 0.477 e. The molecule has 3 saturated carbocycles. The van der Waals surface area contributed by atoms with E-state index in [0.29, 0.717) is 17.8 Å². The molecule has 4 fully saturated rings. The third kappa shape index (κ3) is 2.37. The molecule has 2 nitrogen and oxygen atoms in total. The Hall–Kier alpha value is -0.575. The maximum absolute atomic E-state index is 13.0. The first kappa shape index (κ1) is 15.9. The number of halogens is 2. The molecule has 3 aliphatic carbocycles. The van der Waals surface area contributed by atoms with Gasteiger partial charge < -0.3 is 9.31 Å². The Morgan fingerprint density at radius 3 is 2.61 bits per heavy atom. The molecule has 2 bridgehead atoms. The van der Waals surface area contributed by atoms with E-state index >= 15 is 0 Å². The number of rotatable bonds is 3. The first-order chi connectivity index (χ1) is 10.8. The van der Waals surface area contributed by atoms with Crippen LogP contribution in [-0.4, -0.2) is 24.1 Å². The van der Waals surface area contributed by atoms with E-state index < -0.39 is 0 Å². The van der Waals surface area contributed by atoms with E-state index in [-0.39, 0.29) is 29.9 Å². The fourth-order valence-electron chi connectivity index (χ4n) is 5.00. The summed E-state index contributed by atoms with van der Waals surface area (Å²) in [6.07, 6.45) is 3.07. The molecule has 0 spiro atoms. The minimum atomic E-state index is -0.383. The maximum atomic E-state index is 13.0. The van der Waals surface area contributed by atoms with E-state index in [2.05, 4.69) is 20.8 Å². The van der Waals surface area contributed by atoms with Gasteiger partial charge in [0, 0.05) is 0 Å². The Kier molecular flexibility index (Phi) is 3.61. The summed E-state index contributed by atoms with van der Waals surface area (Å²) >= 11 is 6.58. The van der Waals surface area contributed by atoms with Gasteiger partial charge in [0.1, 0.15) is 5.82 Å². The van der Waals surface area contributed by atoms with Gasteiger partial charge in [-0.15, -0.1) is 11.6 Å². The van der Waals surface area contributed by atoms with Gasteiger partial charge in [-0.25, -0.2) is 4.39 Å². The molecule has 1 aromatic rings. The van der Waals surface area contributed by atoms with Gasteiger partial charge in [-0.1, -0.05) is 26.0 Å². The van der Waals surface area contributed by atoms with E-state index in [1.54, 1.807) is 12.1 Å². The molecule has 1 heterocycles. The highest BCUT2D eigenvalue weighted by Gasteiger charge is 2.68. The SMILES string of the molecule is CC1(C)C2CC3OB(C(Cl)Cc4ccc(F)cc4)OC3(C)C1C2. The second-order valence-corrected chi connectivity index (χ2v) is 8.74. The van der Waals surface area contributed by atoms with Gasteiger partial charge in [0.2, 0.25) is 0 Å². The van der Waals surface area contributed by atoms with E-state index in [1.165, 1.54) is 18.6 Å². The highest BCUT2D eigenvalue weighted by atomic mass is 35.5. The largest absolute Gasteiger partial charge is 0.477 e. The van der Waals surface area contributed by atoms with Crippen LogP contribution in [0.25, 0.3) is 0 Å². The zero-order chi connectivity index (χ0) is 16.4. The molecular formula is C18H23BClFO2. The van der Waals surface area contributed by atoms with Gasteiger partial charge in [0.05, 0.1) is 17.0 Å². The number of hydrogen-bond donors (Lipinski definition) is 0. The Balaban J connectivity index is 1.47. The van der Waals surface area contributed by atoms with Crippen LogP contribution < -0.4 is 0 Å². The quantitative estimate of drug-likeness (QED) is 0.607. The highest BCUT2D eigenvalue weighted by molar-refractivity contribution is 6.60. The van der Waals surface area contributed by atoms with Crippen LogP contribution >= 0.6 is 11.6 Å². The fourth-order valence-corrected chi connectivity index (χ4v) is 5.28. The Labute approximate surface area is 142 Å². The molecular weight excluding hydrogens is 313 g/mol. The van der Waals surface area contributed by atoms with Crippen LogP contribution in [0, 0.1) is 23.1 Å². The van der Waals surface area contributed by atoms with Crippen molar-refractivity contribution in [3.05, 3.63) is 35.6 Å². The molecule has 5 rings (SSSR count). The lowest BCUT2D eigenvalue weighted by molar-refractivity contribution is -0.199. The third-order valence-electron chi connectivity index (χ3n) is 6.61. The van der Waals surface area contributed by atoms with Crippen LogP contribution in [0.15, 0.2) is 24.3 Å². The Morgan fingerprint density at radius 1 is 1.26 bits per heavy atom. The summed E-state index contributed by atoms with van der Waals surface area (Å²) in [5.41, 5.74) is 1.12. The van der Waals surface area contributed by atoms with Gasteiger partial charge in [-0.2, -0.15) is 0 Å². The zero-order valence-corrected chi connectivity index (χ0v) is 14.6. The Morgan fingerprint density at radius 2 is 1.96 bits per heavy atom. The minimum absolute atomic E-state index is 0.152. The summed E-state index contributed by atoms with van der Waals surface area (Å²) in [5.74, 6) is 1.05. The van der Waals surface area contributed by atoms with Crippen molar-refractivity contribution in [3.8, 4) is 0 Å². The summed E-state index contributed by atoms with van der Waals surface area (Å²) in [7, 11) is -0.383. The molecule has 1 aromatic carbocycles. The van der Waals surface area contributed by atoms with Crippen LogP contribution in [0.2, 0.25) is 0 Å². The lowest BCUT2D eigenvalue weighted by Crippen LogP contribution is -2.65. The van der Waals surface area contributed by atoms with E-state index in [9.17, 15) is 4.39 Å². The molecule has 0 aromatic heterocycles. The highest BCUT2D eigenvalue weighted by Crippen LogP contribution is 2.65. The number of alkyl halides is 1. The van der Waals surface area contributed by atoms with Crippen molar-refractivity contribution < 1.29 is 13.7 Å². The molecule has 124 valence electrons. The van der Waals surface area contributed by atoms with Gasteiger partial charge in [-0.05, 0) is 61.1 Å². The second-order valence-electron chi connectivity index (χ2n) is 8.18. The van der Waals surface area contributed by atoms with Crippen molar-refractivity contribution in [2.75, 3.05) is 0 Å². The normalized spacial score (nSPS) is 38.8. The van der Waals surface area contributed by atoms with E-state index in [0.717, 1.165) is 17.9 Å². The van der Waals surface area contributed by atoms with Gasteiger partial charge in [0.15, 0.2) is 0 Å². The molecule has 0 radical (unpaired) electrons. The summed E-state index contributed by atoms with van der Waals surface area (Å²) in [5, 5.41) is -0.261. The first-order valence-electron chi connectivity index (χ1n) is 8.52. The smallest absolute Gasteiger partial charge is 0.404 e. The summed E-state index contributed by atoms with van der Waals surface area (Å²) in [6.45, 7) is 6.89. The van der Waals surface area contributed by atoms with Crippen molar-refractivity contribution in [1.82, 2.24) is 0 Å². The zero-order valence-electron chi connectivity index (χ0n) is 13.9.